The van der Waals surface area contributed by atoms with Crippen LogP contribution in [0.3, 0.4) is 0 Å². The highest BCUT2D eigenvalue weighted by atomic mass is 19.1. The number of hydrogen-bond acceptors (Lipinski definition) is 7. The van der Waals surface area contributed by atoms with E-state index >= 15 is 0 Å². The summed E-state index contributed by atoms with van der Waals surface area (Å²) in [6.07, 6.45) is 5.88. The molecule has 0 saturated carbocycles. The molecule has 252 valence electrons. The van der Waals surface area contributed by atoms with E-state index in [-0.39, 0.29) is 29.3 Å². The van der Waals surface area contributed by atoms with Gasteiger partial charge in [-0.2, -0.15) is 0 Å². The number of carbonyl (C=O) groups is 5. The maximum absolute atomic E-state index is 13.6. The molecule has 0 aliphatic carbocycles. The van der Waals surface area contributed by atoms with E-state index in [2.05, 4.69) is 15.2 Å². The third-order valence-corrected chi connectivity index (χ3v) is 7.72. The van der Waals surface area contributed by atoms with Crippen LogP contribution in [0, 0.1) is 11.7 Å². The largest absolute Gasteiger partial charge is 0.478 e. The van der Waals surface area contributed by atoms with Gasteiger partial charge in [-0.15, -0.1) is 0 Å². The van der Waals surface area contributed by atoms with Gasteiger partial charge in [-0.3, -0.25) is 19.4 Å². The van der Waals surface area contributed by atoms with Gasteiger partial charge in [0.25, 0.3) is 11.8 Å². The van der Waals surface area contributed by atoms with Gasteiger partial charge in [0.1, 0.15) is 5.82 Å². The van der Waals surface area contributed by atoms with Gasteiger partial charge in [-0.25, -0.2) is 14.0 Å². The fourth-order valence-corrected chi connectivity index (χ4v) is 5.16. The van der Waals surface area contributed by atoms with Crippen LogP contribution in [0.2, 0.25) is 0 Å². The Morgan fingerprint density at radius 1 is 0.796 bits per heavy atom. The summed E-state index contributed by atoms with van der Waals surface area (Å²) in [6.45, 7) is 2.57. The van der Waals surface area contributed by atoms with Gasteiger partial charge in [-0.1, -0.05) is 18.2 Å². The molecule has 3 aromatic carbocycles. The average molecular weight is 667 g/mol. The highest BCUT2D eigenvalue weighted by Gasteiger charge is 2.27. The number of pyridine rings is 1. The van der Waals surface area contributed by atoms with Crippen molar-refractivity contribution in [3.8, 4) is 0 Å². The minimum atomic E-state index is -1.26. The normalized spacial score (nSPS) is 13.2. The van der Waals surface area contributed by atoms with Crippen LogP contribution in [0.4, 0.5) is 15.8 Å². The maximum atomic E-state index is 13.6. The van der Waals surface area contributed by atoms with E-state index in [1.165, 1.54) is 12.1 Å². The first-order valence-corrected chi connectivity index (χ1v) is 15.4. The number of nitrogens with one attached hydrogen (secondary N) is 1. The Morgan fingerprint density at radius 2 is 1.41 bits per heavy atom. The van der Waals surface area contributed by atoms with E-state index < -0.39 is 11.9 Å². The SMILES string of the molecule is O=C(Nc1ccc(C(=O)N(CCN2CCC(C(=O)c3ccc(F)cc3)CC2)c2cccnc2)cc1)c1ccccc1.O=C(O)/C=C/C(=O)O. The number of carbonyl (C=O) groups excluding carboxylic acids is 3. The van der Waals surface area contributed by atoms with Crippen LogP contribution >= 0.6 is 0 Å². The van der Waals surface area contributed by atoms with Crippen molar-refractivity contribution >= 4 is 40.9 Å². The van der Waals surface area contributed by atoms with Crippen LogP contribution in [-0.4, -0.2) is 75.8 Å². The van der Waals surface area contributed by atoms with Crippen molar-refractivity contribution in [1.82, 2.24) is 9.88 Å². The molecule has 0 bridgehead atoms. The molecule has 1 fully saturated rings. The summed E-state index contributed by atoms with van der Waals surface area (Å²) in [6, 6.07) is 25.2. The number of nitrogens with zero attached hydrogens (tertiary/aromatic N) is 3. The van der Waals surface area contributed by atoms with E-state index in [1.807, 2.05) is 12.1 Å². The van der Waals surface area contributed by atoms with Gasteiger partial charge in [-0.05, 0) is 98.7 Å². The van der Waals surface area contributed by atoms with Crippen LogP contribution in [0.1, 0.15) is 43.9 Å². The Labute approximate surface area is 282 Å². The summed E-state index contributed by atoms with van der Waals surface area (Å²) in [5, 5.41) is 18.5. The Morgan fingerprint density at radius 3 is 1.98 bits per heavy atom. The number of halogens is 1. The first-order chi connectivity index (χ1) is 23.6. The lowest BCUT2D eigenvalue weighted by Gasteiger charge is -2.33. The van der Waals surface area contributed by atoms with Crippen LogP contribution in [0.25, 0.3) is 0 Å². The Hall–Kier alpha value is -6.01. The molecular formula is C37H35FN4O7. The summed E-state index contributed by atoms with van der Waals surface area (Å²) >= 11 is 0. The van der Waals surface area contributed by atoms with Crippen molar-refractivity contribution in [3.05, 3.63) is 138 Å². The third kappa shape index (κ3) is 11.0. The number of benzene rings is 3. The van der Waals surface area contributed by atoms with Gasteiger partial charge in [0.05, 0.1) is 11.9 Å². The number of anilines is 2. The molecule has 2 heterocycles. The molecule has 2 amide bonds. The maximum Gasteiger partial charge on any atom is 0.328 e. The second-order valence-electron chi connectivity index (χ2n) is 11.1. The summed E-state index contributed by atoms with van der Waals surface area (Å²) in [5.41, 5.74) is 2.89. The van der Waals surface area contributed by atoms with Crippen LogP contribution < -0.4 is 10.2 Å². The number of amides is 2. The molecule has 0 atom stereocenters. The first kappa shape index (κ1) is 35.8. The predicted octanol–water partition coefficient (Wildman–Crippen LogP) is 5.43. The smallest absolute Gasteiger partial charge is 0.328 e. The lowest BCUT2D eigenvalue weighted by atomic mass is 9.89. The fraction of sp³-hybridized carbons (Fsp3) is 0.189. The standard InChI is InChI=1S/C33H31FN4O3.C4H4O4/c34-28-12-8-24(9-13-28)31(39)25-16-19-37(20-17-25)21-22-38(30-7-4-18-35-23-30)33(41)27-10-14-29(15-11-27)36-32(40)26-5-2-1-3-6-26;5-3(6)1-2-4(7)8/h1-15,18,23,25H,16-17,19-22H2,(H,36,40);1-2H,(H,5,6)(H,7,8)/b;2-1+. The van der Waals surface area contributed by atoms with E-state index in [4.69, 9.17) is 10.2 Å². The van der Waals surface area contributed by atoms with Gasteiger partial charge in [0.2, 0.25) is 0 Å². The molecule has 0 unspecified atom stereocenters. The minimum absolute atomic E-state index is 0.0558. The number of rotatable bonds is 11. The number of aliphatic carboxylic acids is 2. The second kappa shape index (κ2) is 17.8. The number of likely N-dealkylation sites (tertiary alicyclic amines) is 1. The highest BCUT2D eigenvalue weighted by molar-refractivity contribution is 6.07. The molecule has 0 radical (unpaired) electrons. The number of hydrogen-bond donors (Lipinski definition) is 3. The van der Waals surface area contributed by atoms with Crippen molar-refractivity contribution < 1.29 is 38.6 Å². The molecule has 1 aromatic heterocycles. The first-order valence-electron chi connectivity index (χ1n) is 15.4. The van der Waals surface area contributed by atoms with E-state index in [0.29, 0.717) is 66.1 Å². The van der Waals surface area contributed by atoms with Gasteiger partial charge in [0.15, 0.2) is 5.78 Å². The van der Waals surface area contributed by atoms with Crippen LogP contribution in [0.15, 0.2) is 116 Å². The predicted molar refractivity (Wildman–Crippen MR) is 181 cm³/mol. The van der Waals surface area contributed by atoms with Crippen molar-refractivity contribution in [1.29, 1.82) is 0 Å². The number of carboxylic acid groups (broad SMARTS) is 2. The Bertz CT molecular complexity index is 1740. The molecule has 0 spiro atoms. The zero-order chi connectivity index (χ0) is 35.2. The van der Waals surface area contributed by atoms with Crippen LogP contribution in [0.5, 0.6) is 0 Å². The highest BCUT2D eigenvalue weighted by Crippen LogP contribution is 2.23. The van der Waals surface area contributed by atoms with Gasteiger partial charge in [0, 0.05) is 59.7 Å². The Kier molecular flexibility index (Phi) is 13.0. The molecule has 3 N–H and O–H groups in total. The molecule has 49 heavy (non-hydrogen) atoms. The van der Waals surface area contributed by atoms with E-state index in [9.17, 15) is 28.4 Å². The van der Waals surface area contributed by atoms with Crippen molar-refractivity contribution in [3.63, 3.8) is 0 Å². The summed E-state index contributed by atoms with van der Waals surface area (Å²) in [4.78, 5) is 66.2. The van der Waals surface area contributed by atoms with Crippen molar-refractivity contribution in [2.45, 2.75) is 12.8 Å². The summed E-state index contributed by atoms with van der Waals surface area (Å²) in [7, 11) is 0. The number of carboxylic acids is 2. The molecule has 1 aliphatic rings. The van der Waals surface area contributed by atoms with Crippen molar-refractivity contribution in [2.75, 3.05) is 36.4 Å². The number of piperidine rings is 1. The fourth-order valence-electron chi connectivity index (χ4n) is 5.16. The second-order valence-corrected chi connectivity index (χ2v) is 11.1. The molecule has 1 saturated heterocycles. The van der Waals surface area contributed by atoms with E-state index in [0.717, 1.165) is 13.1 Å². The van der Waals surface area contributed by atoms with Gasteiger partial charge < -0.3 is 25.3 Å². The molecule has 1 aliphatic heterocycles. The summed E-state index contributed by atoms with van der Waals surface area (Å²) < 4.78 is 13.2. The molecule has 11 nitrogen and oxygen atoms in total. The molecule has 4 aromatic rings. The van der Waals surface area contributed by atoms with Crippen LogP contribution in [-0.2, 0) is 9.59 Å². The topological polar surface area (TPSA) is 157 Å². The average Bonchev–Trinajstić information content (AvgIpc) is 3.12. The lowest BCUT2D eigenvalue weighted by molar-refractivity contribution is -0.134. The third-order valence-electron chi connectivity index (χ3n) is 7.72. The number of ketones is 1. The quantitative estimate of drug-likeness (QED) is 0.140. The molecular weight excluding hydrogens is 631 g/mol. The molecule has 12 heteroatoms. The number of aromatic nitrogens is 1. The van der Waals surface area contributed by atoms with Gasteiger partial charge >= 0.3 is 11.9 Å². The lowest BCUT2D eigenvalue weighted by Crippen LogP contribution is -2.43. The monoisotopic (exact) mass is 666 g/mol. The zero-order valence-corrected chi connectivity index (χ0v) is 26.4. The zero-order valence-electron chi connectivity index (χ0n) is 26.4. The van der Waals surface area contributed by atoms with E-state index in [1.54, 1.807) is 84.0 Å². The summed E-state index contributed by atoms with van der Waals surface area (Å²) in [5.74, 6) is -3.28. The number of Topliss-reactive ketones (excluding diaryl/α,β-unsaturated/α-hetero) is 1. The Balaban J connectivity index is 0.000000603. The van der Waals surface area contributed by atoms with Crippen molar-refractivity contribution in [2.24, 2.45) is 5.92 Å². The minimum Gasteiger partial charge on any atom is -0.478 e. The molecule has 5 rings (SSSR count).